The summed E-state index contributed by atoms with van der Waals surface area (Å²) in [7, 11) is 0. The van der Waals surface area contributed by atoms with Crippen LogP contribution in [0.2, 0.25) is 0 Å². The van der Waals surface area contributed by atoms with Gasteiger partial charge in [-0.2, -0.15) is 0 Å². The van der Waals surface area contributed by atoms with Crippen molar-refractivity contribution in [1.82, 2.24) is 4.90 Å². The van der Waals surface area contributed by atoms with Gasteiger partial charge in [0.1, 0.15) is 6.04 Å². The van der Waals surface area contributed by atoms with Crippen LogP contribution in [0.4, 0.5) is 5.69 Å². The molecule has 1 aliphatic rings. The van der Waals surface area contributed by atoms with Crippen LogP contribution in [0.1, 0.15) is 23.1 Å². The van der Waals surface area contributed by atoms with Gasteiger partial charge in [-0.1, -0.05) is 36.4 Å². The molecule has 0 aliphatic carbocycles. The zero-order chi connectivity index (χ0) is 17.1. The first-order chi connectivity index (χ1) is 11.5. The topological polar surface area (TPSA) is 49.4 Å². The average Bonchev–Trinajstić information content (AvgIpc) is 2.79. The number of imide groups is 1. The number of nitrogens with one attached hydrogen (secondary N) is 1. The Balaban J connectivity index is 1.65. The average molecular weight is 322 g/mol. The molecule has 4 heteroatoms. The van der Waals surface area contributed by atoms with Crippen LogP contribution in [0, 0.1) is 13.8 Å². The maximum Gasteiger partial charge on any atom is 0.252 e. The van der Waals surface area contributed by atoms with Crippen molar-refractivity contribution >= 4 is 17.5 Å². The van der Waals surface area contributed by atoms with Crippen molar-refractivity contribution < 1.29 is 9.59 Å². The van der Waals surface area contributed by atoms with E-state index in [0.717, 1.165) is 22.4 Å². The van der Waals surface area contributed by atoms with Gasteiger partial charge in [0.2, 0.25) is 5.91 Å². The molecule has 0 aromatic heterocycles. The third kappa shape index (κ3) is 3.65. The summed E-state index contributed by atoms with van der Waals surface area (Å²) in [5, 5.41) is 3.22. The van der Waals surface area contributed by atoms with Crippen LogP contribution in [-0.4, -0.2) is 29.3 Å². The molecule has 1 saturated heterocycles. The fraction of sp³-hybridized carbons (Fsp3) is 0.300. The third-order valence-corrected chi connectivity index (χ3v) is 4.27. The van der Waals surface area contributed by atoms with Crippen LogP contribution in [0.5, 0.6) is 0 Å². The summed E-state index contributed by atoms with van der Waals surface area (Å²) in [6.07, 6.45) is 0.912. The molecule has 0 saturated carbocycles. The van der Waals surface area contributed by atoms with E-state index in [-0.39, 0.29) is 18.2 Å². The molecule has 2 amide bonds. The Morgan fingerprint density at radius 3 is 2.38 bits per heavy atom. The Kier molecular flexibility index (Phi) is 4.65. The molecule has 0 radical (unpaired) electrons. The Morgan fingerprint density at radius 1 is 1.04 bits per heavy atom. The fourth-order valence-electron chi connectivity index (χ4n) is 3.18. The molecule has 2 aromatic rings. The second-order valence-corrected chi connectivity index (χ2v) is 6.40. The standard InChI is InChI=1S/C20H22N2O2/c1-14-10-15(2)12-17(11-14)21-18-13-19(23)22(20(18)24)9-8-16-6-4-3-5-7-16/h3-7,10-12,18,21H,8-9,13H2,1-2H3/t18-/m1/s1. The molecule has 24 heavy (non-hydrogen) atoms. The summed E-state index contributed by atoms with van der Waals surface area (Å²) in [6, 6.07) is 15.5. The van der Waals surface area contributed by atoms with Crippen molar-refractivity contribution in [3.05, 3.63) is 65.2 Å². The van der Waals surface area contributed by atoms with Crippen molar-refractivity contribution in [2.75, 3.05) is 11.9 Å². The highest BCUT2D eigenvalue weighted by Crippen LogP contribution is 2.21. The first-order valence-electron chi connectivity index (χ1n) is 8.26. The lowest BCUT2D eigenvalue weighted by Crippen LogP contribution is -2.36. The molecular weight excluding hydrogens is 300 g/mol. The summed E-state index contributed by atoms with van der Waals surface area (Å²) in [5.41, 5.74) is 4.29. The molecular formula is C20H22N2O2. The van der Waals surface area contributed by atoms with Gasteiger partial charge in [-0.15, -0.1) is 0 Å². The number of benzene rings is 2. The number of amides is 2. The van der Waals surface area contributed by atoms with E-state index < -0.39 is 6.04 Å². The number of anilines is 1. The van der Waals surface area contributed by atoms with Crippen LogP contribution in [-0.2, 0) is 16.0 Å². The summed E-state index contributed by atoms with van der Waals surface area (Å²) in [5.74, 6) is -0.229. The smallest absolute Gasteiger partial charge is 0.252 e. The molecule has 2 aromatic carbocycles. The van der Waals surface area contributed by atoms with Crippen LogP contribution in [0.25, 0.3) is 0 Å². The zero-order valence-corrected chi connectivity index (χ0v) is 14.1. The minimum absolute atomic E-state index is 0.0993. The molecule has 1 heterocycles. The monoisotopic (exact) mass is 322 g/mol. The Morgan fingerprint density at radius 2 is 1.71 bits per heavy atom. The zero-order valence-electron chi connectivity index (χ0n) is 14.1. The maximum atomic E-state index is 12.6. The van der Waals surface area contributed by atoms with Gasteiger partial charge in [0.15, 0.2) is 0 Å². The molecule has 1 aliphatic heterocycles. The fourth-order valence-corrected chi connectivity index (χ4v) is 3.18. The first kappa shape index (κ1) is 16.2. The third-order valence-electron chi connectivity index (χ3n) is 4.27. The van der Waals surface area contributed by atoms with Crippen LogP contribution in [0.15, 0.2) is 48.5 Å². The van der Waals surface area contributed by atoms with Gasteiger partial charge in [-0.3, -0.25) is 14.5 Å². The molecule has 0 unspecified atom stereocenters. The van der Waals surface area contributed by atoms with E-state index in [4.69, 9.17) is 0 Å². The molecule has 4 nitrogen and oxygen atoms in total. The molecule has 0 bridgehead atoms. The van der Waals surface area contributed by atoms with E-state index >= 15 is 0 Å². The first-order valence-corrected chi connectivity index (χ1v) is 8.26. The van der Waals surface area contributed by atoms with Gasteiger partial charge in [0, 0.05) is 12.2 Å². The van der Waals surface area contributed by atoms with Gasteiger partial charge in [-0.05, 0) is 49.1 Å². The number of carbonyl (C=O) groups excluding carboxylic acids is 2. The van der Waals surface area contributed by atoms with E-state index in [1.807, 2.05) is 56.3 Å². The lowest BCUT2D eigenvalue weighted by molar-refractivity contribution is -0.138. The highest BCUT2D eigenvalue weighted by molar-refractivity contribution is 6.06. The van der Waals surface area contributed by atoms with Crippen molar-refractivity contribution in [3.8, 4) is 0 Å². The molecule has 1 atom stereocenters. The number of carbonyl (C=O) groups is 2. The van der Waals surface area contributed by atoms with Crippen molar-refractivity contribution in [2.45, 2.75) is 32.7 Å². The minimum Gasteiger partial charge on any atom is -0.373 e. The number of nitrogens with zero attached hydrogens (tertiary/aromatic N) is 1. The summed E-state index contributed by atoms with van der Waals surface area (Å²) in [6.45, 7) is 4.48. The van der Waals surface area contributed by atoms with Gasteiger partial charge in [0.05, 0.1) is 6.42 Å². The Hall–Kier alpha value is -2.62. The normalized spacial score (nSPS) is 17.4. The van der Waals surface area contributed by atoms with E-state index in [2.05, 4.69) is 11.4 Å². The number of rotatable bonds is 5. The predicted octanol–water partition coefficient (Wildman–Crippen LogP) is 3.09. The second-order valence-electron chi connectivity index (χ2n) is 6.40. The van der Waals surface area contributed by atoms with Gasteiger partial charge < -0.3 is 5.32 Å². The summed E-state index contributed by atoms with van der Waals surface area (Å²) in [4.78, 5) is 26.1. The molecule has 0 spiro atoms. The highest BCUT2D eigenvalue weighted by Gasteiger charge is 2.38. The van der Waals surface area contributed by atoms with Crippen LogP contribution in [0.3, 0.4) is 0 Å². The Labute approximate surface area is 142 Å². The lowest BCUT2D eigenvalue weighted by atomic mass is 10.1. The number of hydrogen-bond donors (Lipinski definition) is 1. The van der Waals surface area contributed by atoms with Crippen LogP contribution >= 0.6 is 0 Å². The van der Waals surface area contributed by atoms with E-state index in [0.29, 0.717) is 13.0 Å². The van der Waals surface area contributed by atoms with Crippen molar-refractivity contribution in [2.24, 2.45) is 0 Å². The van der Waals surface area contributed by atoms with E-state index in [1.165, 1.54) is 4.90 Å². The number of aryl methyl sites for hydroxylation is 2. The highest BCUT2D eigenvalue weighted by atomic mass is 16.2. The maximum absolute atomic E-state index is 12.6. The summed E-state index contributed by atoms with van der Waals surface area (Å²) < 4.78 is 0. The van der Waals surface area contributed by atoms with E-state index in [9.17, 15) is 9.59 Å². The van der Waals surface area contributed by atoms with Crippen molar-refractivity contribution in [1.29, 1.82) is 0 Å². The predicted molar refractivity (Wildman–Crippen MR) is 94.8 cm³/mol. The Bertz CT molecular complexity index is 735. The molecule has 1 N–H and O–H groups in total. The largest absolute Gasteiger partial charge is 0.373 e. The molecule has 3 rings (SSSR count). The minimum atomic E-state index is -0.463. The quantitative estimate of drug-likeness (QED) is 0.861. The molecule has 124 valence electrons. The van der Waals surface area contributed by atoms with E-state index in [1.54, 1.807) is 0 Å². The SMILES string of the molecule is Cc1cc(C)cc(N[C@@H]2CC(=O)N(CCc3ccccc3)C2=O)c1. The lowest BCUT2D eigenvalue weighted by Gasteiger charge is -2.16. The second kappa shape index (κ2) is 6.87. The number of likely N-dealkylation sites (tertiary alicyclic amines) is 1. The van der Waals surface area contributed by atoms with Gasteiger partial charge in [-0.25, -0.2) is 0 Å². The van der Waals surface area contributed by atoms with Gasteiger partial charge in [0.25, 0.3) is 5.91 Å². The number of hydrogen-bond acceptors (Lipinski definition) is 3. The van der Waals surface area contributed by atoms with Gasteiger partial charge >= 0.3 is 0 Å². The van der Waals surface area contributed by atoms with Crippen LogP contribution < -0.4 is 5.32 Å². The van der Waals surface area contributed by atoms with Crippen molar-refractivity contribution in [3.63, 3.8) is 0 Å². The molecule has 1 fully saturated rings. The summed E-state index contributed by atoms with van der Waals surface area (Å²) >= 11 is 0.